The molecule has 0 aromatic carbocycles. The summed E-state index contributed by atoms with van der Waals surface area (Å²) in [4.78, 5) is 22.5. The van der Waals surface area contributed by atoms with E-state index in [0.717, 1.165) is 25.8 Å². The van der Waals surface area contributed by atoms with Crippen molar-refractivity contribution in [3.8, 4) is 11.8 Å². The maximum absolute atomic E-state index is 12.7. The van der Waals surface area contributed by atoms with Gasteiger partial charge in [0.15, 0.2) is 0 Å². The molecule has 2 aromatic heterocycles. The van der Waals surface area contributed by atoms with Crippen LogP contribution in [0.3, 0.4) is 0 Å². The third-order valence-corrected chi connectivity index (χ3v) is 4.35. The van der Waals surface area contributed by atoms with E-state index in [-0.39, 0.29) is 12.0 Å². The smallest absolute Gasteiger partial charge is 0.260 e. The van der Waals surface area contributed by atoms with Gasteiger partial charge in [0.05, 0.1) is 12.8 Å². The molecule has 24 heavy (non-hydrogen) atoms. The van der Waals surface area contributed by atoms with Gasteiger partial charge in [-0.2, -0.15) is 5.10 Å². The van der Waals surface area contributed by atoms with E-state index in [2.05, 4.69) is 15.1 Å². The Morgan fingerprint density at radius 3 is 2.96 bits per heavy atom. The van der Waals surface area contributed by atoms with Crippen molar-refractivity contribution in [1.82, 2.24) is 24.6 Å². The lowest BCUT2D eigenvalue weighted by Gasteiger charge is -2.32. The van der Waals surface area contributed by atoms with Gasteiger partial charge in [-0.1, -0.05) is 0 Å². The third-order valence-electron chi connectivity index (χ3n) is 4.35. The van der Waals surface area contributed by atoms with Crippen LogP contribution in [0.25, 0.3) is 0 Å². The van der Waals surface area contributed by atoms with Crippen molar-refractivity contribution >= 4 is 5.91 Å². The Labute approximate surface area is 139 Å². The van der Waals surface area contributed by atoms with Gasteiger partial charge in [-0.3, -0.25) is 4.79 Å². The highest BCUT2D eigenvalue weighted by Gasteiger charge is 2.29. The van der Waals surface area contributed by atoms with E-state index in [1.165, 1.54) is 6.33 Å². The zero-order valence-corrected chi connectivity index (χ0v) is 13.3. The molecule has 2 aromatic rings. The van der Waals surface area contributed by atoms with E-state index in [9.17, 15) is 4.79 Å². The summed E-state index contributed by atoms with van der Waals surface area (Å²) in [5, 5.41) is 4.25. The number of fused-ring (bicyclic) bond motifs is 1. The summed E-state index contributed by atoms with van der Waals surface area (Å²) in [5.74, 6) is 1.16. The summed E-state index contributed by atoms with van der Waals surface area (Å²) < 4.78 is 13.2. The molecule has 1 fully saturated rings. The Balaban J connectivity index is 1.37. The molecule has 2 aliphatic heterocycles. The summed E-state index contributed by atoms with van der Waals surface area (Å²) in [7, 11) is 0. The zero-order chi connectivity index (χ0) is 16.4. The van der Waals surface area contributed by atoms with E-state index in [1.54, 1.807) is 23.1 Å². The van der Waals surface area contributed by atoms with Crippen LogP contribution in [0.1, 0.15) is 29.6 Å². The first-order valence-corrected chi connectivity index (χ1v) is 8.22. The Hall–Kier alpha value is -2.64. The number of likely N-dealkylation sites (tertiary alicyclic amines) is 1. The van der Waals surface area contributed by atoms with E-state index in [4.69, 9.17) is 9.47 Å². The lowest BCUT2D eigenvalue weighted by atomic mass is 10.1. The fourth-order valence-corrected chi connectivity index (χ4v) is 3.08. The van der Waals surface area contributed by atoms with Gasteiger partial charge in [-0.15, -0.1) is 0 Å². The van der Waals surface area contributed by atoms with Crippen LogP contribution in [0.15, 0.2) is 24.8 Å². The van der Waals surface area contributed by atoms with Crippen LogP contribution >= 0.6 is 0 Å². The number of nitrogens with zero attached hydrogens (tertiary/aromatic N) is 5. The van der Waals surface area contributed by atoms with E-state index < -0.39 is 0 Å². The maximum atomic E-state index is 12.7. The van der Waals surface area contributed by atoms with Gasteiger partial charge in [0.25, 0.3) is 5.91 Å². The van der Waals surface area contributed by atoms with Crippen molar-refractivity contribution < 1.29 is 14.3 Å². The fourth-order valence-electron chi connectivity index (χ4n) is 3.08. The Kier molecular flexibility index (Phi) is 4.02. The molecule has 0 saturated carbocycles. The van der Waals surface area contributed by atoms with Crippen LogP contribution in [0.2, 0.25) is 0 Å². The molecule has 4 rings (SSSR count). The van der Waals surface area contributed by atoms with Gasteiger partial charge in [-0.05, 0) is 0 Å². The predicted octanol–water partition coefficient (Wildman–Crippen LogP) is 1.14. The van der Waals surface area contributed by atoms with Gasteiger partial charge >= 0.3 is 0 Å². The van der Waals surface area contributed by atoms with Crippen molar-refractivity contribution in [2.75, 3.05) is 19.7 Å². The number of hydrogen-bond acceptors (Lipinski definition) is 6. The molecule has 4 heterocycles. The number of piperidine rings is 1. The van der Waals surface area contributed by atoms with Crippen molar-refractivity contribution in [2.24, 2.45) is 0 Å². The molecule has 0 spiro atoms. The van der Waals surface area contributed by atoms with Gasteiger partial charge in [0, 0.05) is 51.2 Å². The molecule has 1 saturated heterocycles. The minimum Gasteiger partial charge on any atom is -0.477 e. The largest absolute Gasteiger partial charge is 0.477 e. The molecule has 0 atom stereocenters. The number of aromatic nitrogens is 4. The Bertz CT molecular complexity index is 710. The highest BCUT2D eigenvalue weighted by Crippen LogP contribution is 2.25. The number of aryl methyl sites for hydroxylation is 1. The second-order valence-electron chi connectivity index (χ2n) is 5.95. The normalized spacial score (nSPS) is 17.9. The molecule has 126 valence electrons. The van der Waals surface area contributed by atoms with Crippen LogP contribution < -0.4 is 9.47 Å². The topological polar surface area (TPSA) is 82.4 Å². The fraction of sp³-hybridized carbons (Fsp3) is 0.500. The summed E-state index contributed by atoms with van der Waals surface area (Å²) in [6.07, 6.45) is 7.29. The first-order chi connectivity index (χ1) is 11.8. The van der Waals surface area contributed by atoms with Gasteiger partial charge < -0.3 is 14.4 Å². The lowest BCUT2D eigenvalue weighted by Crippen LogP contribution is -2.42. The molecule has 0 N–H and O–H groups in total. The van der Waals surface area contributed by atoms with E-state index in [0.29, 0.717) is 37.0 Å². The molecule has 0 unspecified atom stereocenters. The number of rotatable bonds is 3. The molecule has 0 bridgehead atoms. The number of amides is 1. The number of carbonyl (C=O) groups is 1. The summed E-state index contributed by atoms with van der Waals surface area (Å²) in [5.41, 5.74) is 0.560. The molecule has 8 nitrogen and oxygen atoms in total. The maximum Gasteiger partial charge on any atom is 0.260 e. The van der Waals surface area contributed by atoms with Crippen LogP contribution in [0.5, 0.6) is 11.8 Å². The molecule has 1 amide bonds. The Morgan fingerprint density at radius 1 is 1.29 bits per heavy atom. The number of carbonyl (C=O) groups excluding carboxylic acids is 1. The second kappa shape index (κ2) is 6.46. The Morgan fingerprint density at radius 2 is 2.17 bits per heavy atom. The van der Waals surface area contributed by atoms with Crippen LogP contribution in [0, 0.1) is 0 Å². The minimum absolute atomic E-state index is 0.0152. The minimum atomic E-state index is -0.0152. The van der Waals surface area contributed by atoms with Crippen LogP contribution in [-0.2, 0) is 6.54 Å². The van der Waals surface area contributed by atoms with Gasteiger partial charge in [-0.25, -0.2) is 14.6 Å². The van der Waals surface area contributed by atoms with E-state index in [1.807, 2.05) is 4.90 Å². The second-order valence-corrected chi connectivity index (χ2v) is 5.95. The van der Waals surface area contributed by atoms with E-state index >= 15 is 0 Å². The monoisotopic (exact) mass is 329 g/mol. The first kappa shape index (κ1) is 14.9. The van der Waals surface area contributed by atoms with Gasteiger partial charge in [0.2, 0.25) is 11.8 Å². The van der Waals surface area contributed by atoms with Crippen molar-refractivity contribution in [2.45, 2.75) is 31.9 Å². The van der Waals surface area contributed by atoms with Crippen LogP contribution in [0.4, 0.5) is 0 Å². The SMILES string of the molecule is O=C(c1cnn2c1OCCC2)N1CCC(Oc2ccncn2)CC1. The quantitative estimate of drug-likeness (QED) is 0.840. The molecular weight excluding hydrogens is 310 g/mol. The molecule has 0 aliphatic carbocycles. The first-order valence-electron chi connectivity index (χ1n) is 8.22. The van der Waals surface area contributed by atoms with Crippen molar-refractivity contribution in [1.29, 1.82) is 0 Å². The zero-order valence-electron chi connectivity index (χ0n) is 13.3. The predicted molar refractivity (Wildman–Crippen MR) is 83.9 cm³/mol. The molecular formula is C16H19N5O3. The highest BCUT2D eigenvalue weighted by atomic mass is 16.5. The van der Waals surface area contributed by atoms with Crippen molar-refractivity contribution in [3.63, 3.8) is 0 Å². The lowest BCUT2D eigenvalue weighted by molar-refractivity contribution is 0.0582. The average molecular weight is 329 g/mol. The molecule has 0 radical (unpaired) electrons. The van der Waals surface area contributed by atoms with Crippen LogP contribution in [-0.4, -0.2) is 56.4 Å². The summed E-state index contributed by atoms with van der Waals surface area (Å²) in [6.45, 7) is 2.75. The molecule has 2 aliphatic rings. The number of ether oxygens (including phenoxy) is 2. The van der Waals surface area contributed by atoms with Gasteiger partial charge in [0.1, 0.15) is 18.0 Å². The van der Waals surface area contributed by atoms with Crippen molar-refractivity contribution in [3.05, 3.63) is 30.4 Å². The standard InChI is InChI=1S/C16H19N5O3/c22-15(13-10-19-21-6-1-9-23-16(13)21)20-7-3-12(4-8-20)24-14-2-5-17-11-18-14/h2,5,10-12H,1,3-4,6-9H2. The summed E-state index contributed by atoms with van der Waals surface area (Å²) >= 11 is 0. The average Bonchev–Trinajstić information content (AvgIpc) is 3.07. The third kappa shape index (κ3) is 2.91. The summed E-state index contributed by atoms with van der Waals surface area (Å²) in [6, 6.07) is 1.74. The molecule has 8 heteroatoms. The highest BCUT2D eigenvalue weighted by molar-refractivity contribution is 5.96. The number of hydrogen-bond donors (Lipinski definition) is 0.